The normalized spacial score (nSPS) is 11.8. The van der Waals surface area contributed by atoms with Gasteiger partial charge in [-0.2, -0.15) is 0 Å². The molecule has 0 saturated heterocycles. The Morgan fingerprint density at radius 2 is 1.90 bits per heavy atom. The lowest BCUT2D eigenvalue weighted by Crippen LogP contribution is -2.42. The van der Waals surface area contributed by atoms with Gasteiger partial charge in [0.05, 0.1) is 6.61 Å². The summed E-state index contributed by atoms with van der Waals surface area (Å²) < 4.78 is 30.9. The van der Waals surface area contributed by atoms with Crippen LogP contribution in [0.15, 0.2) is 18.2 Å². The molecule has 1 amide bonds. The van der Waals surface area contributed by atoms with Gasteiger partial charge < -0.3 is 15.2 Å². The molecule has 0 aliphatic heterocycles. The Kier molecular flexibility index (Phi) is 6.58. The quantitative estimate of drug-likeness (QED) is 0.759. The number of carboxylic acid groups (broad SMARTS) is 1. The summed E-state index contributed by atoms with van der Waals surface area (Å²) >= 11 is 0. The molecule has 1 rings (SSSR count). The molecular formula is C14H17F2NO4. The number of alkyl carbamates (subject to hydrolysis) is 1. The van der Waals surface area contributed by atoms with Gasteiger partial charge in [-0.05, 0) is 24.1 Å². The fourth-order valence-corrected chi connectivity index (χ4v) is 1.66. The molecule has 116 valence electrons. The monoisotopic (exact) mass is 301 g/mol. The summed E-state index contributed by atoms with van der Waals surface area (Å²) in [7, 11) is 0. The minimum atomic E-state index is -1.32. The third-order valence-corrected chi connectivity index (χ3v) is 2.68. The number of carboxylic acids is 1. The van der Waals surface area contributed by atoms with Gasteiger partial charge in [0.15, 0.2) is 0 Å². The summed E-state index contributed by atoms with van der Waals surface area (Å²) in [4.78, 5) is 22.5. The van der Waals surface area contributed by atoms with E-state index in [9.17, 15) is 18.4 Å². The Balaban J connectivity index is 2.65. The summed E-state index contributed by atoms with van der Waals surface area (Å²) in [5, 5.41) is 11.2. The van der Waals surface area contributed by atoms with E-state index in [4.69, 9.17) is 9.84 Å². The first-order chi connectivity index (χ1) is 9.92. The fraction of sp³-hybridized carbons (Fsp3) is 0.429. The van der Waals surface area contributed by atoms with Crippen molar-refractivity contribution in [1.29, 1.82) is 0 Å². The molecule has 2 N–H and O–H groups in total. The number of hydrogen-bond acceptors (Lipinski definition) is 3. The maximum Gasteiger partial charge on any atom is 0.407 e. The number of aliphatic carboxylic acids is 1. The van der Waals surface area contributed by atoms with Gasteiger partial charge in [0.1, 0.15) is 17.7 Å². The standard InChI is InChI=1S/C14H17F2NO4/c1-2-3-4-21-14(20)17-12(13(18)19)7-9-5-10(15)8-11(16)6-9/h5-6,8,12H,2-4,7H2,1H3,(H,17,20)(H,18,19). The van der Waals surface area contributed by atoms with Gasteiger partial charge in [0, 0.05) is 12.5 Å². The molecule has 21 heavy (non-hydrogen) atoms. The van der Waals surface area contributed by atoms with Crippen LogP contribution < -0.4 is 5.32 Å². The van der Waals surface area contributed by atoms with E-state index in [1.807, 2.05) is 6.92 Å². The number of carbonyl (C=O) groups excluding carboxylic acids is 1. The van der Waals surface area contributed by atoms with Crippen LogP contribution in [0.4, 0.5) is 13.6 Å². The van der Waals surface area contributed by atoms with E-state index in [0.717, 1.165) is 18.6 Å². The number of ether oxygens (including phenoxy) is 1. The molecule has 5 nitrogen and oxygen atoms in total. The number of unbranched alkanes of at least 4 members (excludes halogenated alkanes) is 1. The number of amides is 1. The van der Waals surface area contributed by atoms with Gasteiger partial charge in [-0.25, -0.2) is 18.4 Å². The summed E-state index contributed by atoms with van der Waals surface area (Å²) in [6, 6.07) is 1.40. The van der Waals surface area contributed by atoms with Crippen molar-refractivity contribution in [3.63, 3.8) is 0 Å². The Morgan fingerprint density at radius 3 is 2.43 bits per heavy atom. The molecule has 0 fully saturated rings. The Hall–Kier alpha value is -2.18. The highest BCUT2D eigenvalue weighted by molar-refractivity contribution is 5.80. The van der Waals surface area contributed by atoms with Crippen molar-refractivity contribution in [1.82, 2.24) is 5.32 Å². The number of hydrogen-bond donors (Lipinski definition) is 2. The smallest absolute Gasteiger partial charge is 0.407 e. The lowest BCUT2D eigenvalue weighted by Gasteiger charge is -2.14. The first-order valence-electron chi connectivity index (χ1n) is 6.53. The number of benzene rings is 1. The van der Waals surface area contributed by atoms with Gasteiger partial charge in [0.25, 0.3) is 0 Å². The molecule has 0 radical (unpaired) electrons. The first-order valence-corrected chi connectivity index (χ1v) is 6.53. The zero-order chi connectivity index (χ0) is 15.8. The molecular weight excluding hydrogens is 284 g/mol. The second kappa shape index (κ2) is 8.18. The van der Waals surface area contributed by atoms with E-state index in [-0.39, 0.29) is 18.6 Å². The second-order valence-corrected chi connectivity index (χ2v) is 4.51. The number of rotatable bonds is 7. The molecule has 0 aliphatic carbocycles. The Bertz CT molecular complexity index is 487. The summed E-state index contributed by atoms with van der Waals surface area (Å²) in [6.45, 7) is 2.10. The maximum atomic E-state index is 13.0. The molecule has 0 aromatic heterocycles. The number of halogens is 2. The summed E-state index contributed by atoms with van der Waals surface area (Å²) in [5.74, 6) is -2.92. The highest BCUT2D eigenvalue weighted by Crippen LogP contribution is 2.10. The third-order valence-electron chi connectivity index (χ3n) is 2.68. The van der Waals surface area contributed by atoms with Crippen LogP contribution in [0, 0.1) is 11.6 Å². The predicted octanol–water partition coefficient (Wildman–Crippen LogP) is 2.49. The summed E-state index contributed by atoms with van der Waals surface area (Å²) in [5.41, 5.74) is 0.133. The Labute approximate surface area is 120 Å². The van der Waals surface area contributed by atoms with Crippen LogP contribution in [-0.4, -0.2) is 29.8 Å². The van der Waals surface area contributed by atoms with Gasteiger partial charge in [-0.3, -0.25) is 0 Å². The zero-order valence-corrected chi connectivity index (χ0v) is 11.6. The van der Waals surface area contributed by atoms with E-state index < -0.39 is 29.7 Å². The van der Waals surface area contributed by atoms with Crippen molar-refractivity contribution in [2.75, 3.05) is 6.61 Å². The van der Waals surface area contributed by atoms with Gasteiger partial charge in [-0.1, -0.05) is 13.3 Å². The predicted molar refractivity (Wildman–Crippen MR) is 70.9 cm³/mol. The maximum absolute atomic E-state index is 13.0. The number of nitrogens with one attached hydrogen (secondary N) is 1. The van der Waals surface area contributed by atoms with Crippen molar-refractivity contribution in [2.45, 2.75) is 32.2 Å². The summed E-state index contributed by atoms with van der Waals surface area (Å²) in [6.07, 6.45) is 0.387. The zero-order valence-electron chi connectivity index (χ0n) is 11.6. The Morgan fingerprint density at radius 1 is 1.29 bits per heavy atom. The lowest BCUT2D eigenvalue weighted by atomic mass is 10.1. The molecule has 7 heteroatoms. The SMILES string of the molecule is CCCCOC(=O)NC(Cc1cc(F)cc(F)c1)C(=O)O. The number of carbonyl (C=O) groups is 2. The third kappa shape index (κ3) is 6.20. The molecule has 1 unspecified atom stereocenters. The highest BCUT2D eigenvalue weighted by atomic mass is 19.1. The molecule has 1 aromatic carbocycles. The van der Waals surface area contributed by atoms with Crippen molar-refractivity contribution in [2.24, 2.45) is 0 Å². The minimum absolute atomic E-state index is 0.133. The molecule has 0 heterocycles. The average Bonchev–Trinajstić information content (AvgIpc) is 2.37. The van der Waals surface area contributed by atoms with E-state index in [0.29, 0.717) is 12.5 Å². The van der Waals surface area contributed by atoms with Crippen LogP contribution in [0.3, 0.4) is 0 Å². The molecule has 0 bridgehead atoms. The van der Waals surface area contributed by atoms with Gasteiger partial charge in [-0.15, -0.1) is 0 Å². The largest absolute Gasteiger partial charge is 0.480 e. The van der Waals surface area contributed by atoms with Crippen molar-refractivity contribution in [3.05, 3.63) is 35.4 Å². The van der Waals surface area contributed by atoms with Crippen LogP contribution in [-0.2, 0) is 16.0 Å². The van der Waals surface area contributed by atoms with Gasteiger partial charge >= 0.3 is 12.1 Å². The molecule has 0 saturated carbocycles. The highest BCUT2D eigenvalue weighted by Gasteiger charge is 2.21. The van der Waals surface area contributed by atoms with E-state index in [2.05, 4.69) is 5.32 Å². The first kappa shape index (κ1) is 16.9. The van der Waals surface area contributed by atoms with Crippen LogP contribution in [0.1, 0.15) is 25.3 Å². The van der Waals surface area contributed by atoms with E-state index >= 15 is 0 Å². The molecule has 0 aliphatic rings. The lowest BCUT2D eigenvalue weighted by molar-refractivity contribution is -0.139. The van der Waals surface area contributed by atoms with Crippen molar-refractivity contribution >= 4 is 12.1 Å². The van der Waals surface area contributed by atoms with E-state index in [1.54, 1.807) is 0 Å². The minimum Gasteiger partial charge on any atom is -0.480 e. The van der Waals surface area contributed by atoms with Crippen LogP contribution in [0.25, 0.3) is 0 Å². The fourth-order valence-electron chi connectivity index (χ4n) is 1.66. The van der Waals surface area contributed by atoms with Crippen LogP contribution in [0.2, 0.25) is 0 Å². The average molecular weight is 301 g/mol. The van der Waals surface area contributed by atoms with Crippen molar-refractivity contribution < 1.29 is 28.2 Å². The topological polar surface area (TPSA) is 75.6 Å². The van der Waals surface area contributed by atoms with Gasteiger partial charge in [0.2, 0.25) is 0 Å². The van der Waals surface area contributed by atoms with Crippen LogP contribution in [0.5, 0.6) is 0 Å². The van der Waals surface area contributed by atoms with E-state index in [1.165, 1.54) is 0 Å². The molecule has 1 atom stereocenters. The van der Waals surface area contributed by atoms with Crippen LogP contribution >= 0.6 is 0 Å². The molecule has 0 spiro atoms. The van der Waals surface area contributed by atoms with Crippen molar-refractivity contribution in [3.8, 4) is 0 Å². The second-order valence-electron chi connectivity index (χ2n) is 4.51. The molecule has 1 aromatic rings.